The number of aliphatic hydroxyl groups excluding tert-OH is 1. The Morgan fingerprint density at radius 1 is 0.944 bits per heavy atom. The van der Waals surface area contributed by atoms with E-state index >= 15 is 0 Å². The van der Waals surface area contributed by atoms with Crippen LogP contribution in [0.25, 0.3) is 6.08 Å². The minimum Gasteiger partial charge on any atom is -0.493 e. The van der Waals surface area contributed by atoms with E-state index in [-0.39, 0.29) is 12.1 Å². The molecule has 2 aromatic carbocycles. The van der Waals surface area contributed by atoms with Crippen LogP contribution >= 0.6 is 0 Å². The van der Waals surface area contributed by atoms with Gasteiger partial charge in [-0.25, -0.2) is 9.59 Å². The molecular formula is C27H31NO8. The first kappa shape index (κ1) is 25.5. The van der Waals surface area contributed by atoms with Crippen molar-refractivity contribution in [3.8, 4) is 17.2 Å². The van der Waals surface area contributed by atoms with Crippen LogP contribution in [0.5, 0.6) is 17.2 Å². The molecule has 2 fully saturated rings. The fourth-order valence-electron chi connectivity index (χ4n) is 4.98. The van der Waals surface area contributed by atoms with E-state index in [2.05, 4.69) is 0 Å². The topological polar surface area (TPSA) is 104 Å². The monoisotopic (exact) mass is 497 g/mol. The Labute approximate surface area is 210 Å². The molecular weight excluding hydrogens is 466 g/mol. The smallest absolute Gasteiger partial charge is 0.338 e. The average molecular weight is 498 g/mol. The Balaban J connectivity index is 1.41. The molecule has 4 rings (SSSR count). The van der Waals surface area contributed by atoms with Gasteiger partial charge in [0.2, 0.25) is 5.75 Å². The zero-order valence-corrected chi connectivity index (χ0v) is 20.7. The molecule has 0 unspecified atom stereocenters. The molecule has 9 heteroatoms. The van der Waals surface area contributed by atoms with Gasteiger partial charge in [0.15, 0.2) is 11.5 Å². The molecule has 2 aliphatic rings. The maximum Gasteiger partial charge on any atom is 0.338 e. The number of ether oxygens (including phenoxy) is 5. The minimum atomic E-state index is -0.869. The van der Waals surface area contributed by atoms with Gasteiger partial charge in [0.25, 0.3) is 0 Å². The second-order valence-electron chi connectivity index (χ2n) is 8.85. The summed E-state index contributed by atoms with van der Waals surface area (Å²) in [4.78, 5) is 27.2. The van der Waals surface area contributed by atoms with Gasteiger partial charge < -0.3 is 28.8 Å². The van der Waals surface area contributed by atoms with E-state index in [4.69, 9.17) is 23.7 Å². The number of nitrogens with zero attached hydrogens (tertiary/aromatic N) is 1. The molecule has 36 heavy (non-hydrogen) atoms. The first-order valence-electron chi connectivity index (χ1n) is 11.7. The molecule has 0 aromatic heterocycles. The SMILES string of the molecule is COc1cc(/C=C/C(=O)O[C@@H]2C[C@@H]3[C@@H](O)[C@@H](OC(=O)c4ccccc4)[C@H](C2)N3C)cc(OC)c1OC. The summed E-state index contributed by atoms with van der Waals surface area (Å²) >= 11 is 0. The van der Waals surface area contributed by atoms with E-state index < -0.39 is 30.3 Å². The van der Waals surface area contributed by atoms with Crippen molar-refractivity contribution in [2.24, 2.45) is 0 Å². The maximum atomic E-state index is 12.6. The Kier molecular flexibility index (Phi) is 7.81. The van der Waals surface area contributed by atoms with Gasteiger partial charge in [-0.3, -0.25) is 4.90 Å². The van der Waals surface area contributed by atoms with Crippen molar-refractivity contribution in [1.82, 2.24) is 4.90 Å². The summed E-state index contributed by atoms with van der Waals surface area (Å²) < 4.78 is 27.4. The van der Waals surface area contributed by atoms with E-state index in [0.717, 1.165) is 0 Å². The lowest BCUT2D eigenvalue weighted by molar-refractivity contribution is -0.146. The van der Waals surface area contributed by atoms with Crippen LogP contribution in [-0.4, -0.2) is 80.7 Å². The van der Waals surface area contributed by atoms with Gasteiger partial charge in [-0.1, -0.05) is 18.2 Å². The molecule has 2 saturated heterocycles. The average Bonchev–Trinajstić information content (AvgIpc) is 3.01. The fourth-order valence-corrected chi connectivity index (χ4v) is 4.98. The van der Waals surface area contributed by atoms with Gasteiger partial charge in [-0.05, 0) is 43.0 Å². The first-order chi connectivity index (χ1) is 17.4. The maximum absolute atomic E-state index is 12.6. The normalized spacial score (nSPS) is 25.4. The van der Waals surface area contributed by atoms with Crippen molar-refractivity contribution >= 4 is 18.0 Å². The predicted octanol–water partition coefficient (Wildman–Crippen LogP) is 2.70. The Morgan fingerprint density at radius 3 is 2.19 bits per heavy atom. The summed E-state index contributed by atoms with van der Waals surface area (Å²) in [5, 5.41) is 10.9. The third-order valence-corrected chi connectivity index (χ3v) is 6.80. The molecule has 0 amide bonds. The lowest BCUT2D eigenvalue weighted by Crippen LogP contribution is -2.46. The zero-order chi connectivity index (χ0) is 25.8. The Hall–Kier alpha value is -3.56. The highest BCUT2D eigenvalue weighted by Gasteiger charge is 2.53. The van der Waals surface area contributed by atoms with Gasteiger partial charge in [0.1, 0.15) is 18.3 Å². The number of carbonyl (C=O) groups excluding carboxylic acids is 2. The highest BCUT2D eigenvalue weighted by molar-refractivity contribution is 5.89. The van der Waals surface area contributed by atoms with Crippen LogP contribution in [-0.2, 0) is 14.3 Å². The van der Waals surface area contributed by atoms with E-state index in [1.165, 1.54) is 27.4 Å². The van der Waals surface area contributed by atoms with Crippen LogP contribution in [0.4, 0.5) is 0 Å². The third kappa shape index (κ3) is 5.17. The number of esters is 2. The Morgan fingerprint density at radius 2 is 1.58 bits per heavy atom. The van der Waals surface area contributed by atoms with Crippen LogP contribution in [0, 0.1) is 0 Å². The third-order valence-electron chi connectivity index (χ3n) is 6.80. The van der Waals surface area contributed by atoms with Crippen LogP contribution in [0.1, 0.15) is 28.8 Å². The number of fused-ring (bicyclic) bond motifs is 2. The van der Waals surface area contributed by atoms with Gasteiger partial charge in [-0.2, -0.15) is 0 Å². The minimum absolute atomic E-state index is 0.261. The summed E-state index contributed by atoms with van der Waals surface area (Å²) in [7, 11) is 6.45. The molecule has 192 valence electrons. The van der Waals surface area contributed by atoms with Crippen LogP contribution < -0.4 is 14.2 Å². The van der Waals surface area contributed by atoms with E-state index in [0.29, 0.717) is 41.2 Å². The predicted molar refractivity (Wildman–Crippen MR) is 131 cm³/mol. The highest BCUT2D eigenvalue weighted by Crippen LogP contribution is 2.39. The molecule has 5 atom stereocenters. The molecule has 2 aliphatic heterocycles. The highest BCUT2D eigenvalue weighted by atomic mass is 16.6. The van der Waals surface area contributed by atoms with Crippen LogP contribution in [0.15, 0.2) is 48.5 Å². The number of hydrogen-bond acceptors (Lipinski definition) is 9. The molecule has 2 aromatic rings. The van der Waals surface area contributed by atoms with Crippen LogP contribution in [0.2, 0.25) is 0 Å². The molecule has 0 radical (unpaired) electrons. The summed E-state index contributed by atoms with van der Waals surface area (Å²) in [5.74, 6) is 0.415. The van der Waals surface area contributed by atoms with Crippen molar-refractivity contribution in [3.63, 3.8) is 0 Å². The summed E-state index contributed by atoms with van der Waals surface area (Å²) in [6, 6.07) is 11.6. The number of likely N-dealkylation sites (N-methyl/N-ethyl adjacent to an activating group) is 1. The first-order valence-corrected chi connectivity index (χ1v) is 11.7. The van der Waals surface area contributed by atoms with Gasteiger partial charge in [0.05, 0.1) is 32.9 Å². The number of aliphatic hydroxyl groups is 1. The summed E-state index contributed by atoms with van der Waals surface area (Å²) in [6.45, 7) is 0. The molecule has 0 spiro atoms. The van der Waals surface area contributed by atoms with Crippen molar-refractivity contribution in [3.05, 3.63) is 59.7 Å². The van der Waals surface area contributed by atoms with Gasteiger partial charge in [0, 0.05) is 25.0 Å². The standard InChI is InChI=1S/C27H31NO8/c1-28-19-14-18(15-20(28)25(24(19)30)36-27(31)17-8-6-5-7-9-17)35-23(29)11-10-16-12-21(32-2)26(34-4)22(13-16)33-3/h5-13,18-20,24-25,30H,14-15H2,1-4H3/b11-10+/t18-,19-,20+,24-,25+/m1/s1. The number of methoxy groups -OCH3 is 3. The quantitative estimate of drug-likeness (QED) is 0.435. The van der Waals surface area contributed by atoms with Crippen molar-refractivity contribution in [2.45, 2.75) is 43.2 Å². The lowest BCUT2D eigenvalue weighted by atomic mass is 10.00. The van der Waals surface area contributed by atoms with Crippen molar-refractivity contribution < 1.29 is 38.4 Å². The van der Waals surface area contributed by atoms with Crippen molar-refractivity contribution in [1.29, 1.82) is 0 Å². The van der Waals surface area contributed by atoms with Gasteiger partial charge >= 0.3 is 11.9 Å². The van der Waals surface area contributed by atoms with Crippen molar-refractivity contribution in [2.75, 3.05) is 28.4 Å². The second-order valence-corrected chi connectivity index (χ2v) is 8.85. The number of benzene rings is 2. The molecule has 0 saturated carbocycles. The largest absolute Gasteiger partial charge is 0.493 e. The number of rotatable bonds is 8. The molecule has 2 heterocycles. The van der Waals surface area contributed by atoms with Gasteiger partial charge in [-0.15, -0.1) is 0 Å². The molecule has 9 nitrogen and oxygen atoms in total. The molecule has 2 bridgehead atoms. The van der Waals surface area contributed by atoms with E-state index in [9.17, 15) is 14.7 Å². The van der Waals surface area contributed by atoms with Crippen LogP contribution in [0.3, 0.4) is 0 Å². The number of carbonyl (C=O) groups is 2. The second kappa shape index (κ2) is 11.0. The summed E-state index contributed by atoms with van der Waals surface area (Å²) in [5.41, 5.74) is 1.10. The molecule has 0 aliphatic carbocycles. The summed E-state index contributed by atoms with van der Waals surface area (Å²) in [6.07, 6.45) is 1.85. The van der Waals surface area contributed by atoms with E-state index in [1.54, 1.807) is 42.5 Å². The zero-order valence-electron chi connectivity index (χ0n) is 20.7. The Bertz CT molecular complexity index is 1090. The number of piperidine rings is 1. The fraction of sp³-hybridized carbons (Fsp3) is 0.407. The number of hydrogen-bond donors (Lipinski definition) is 1. The lowest BCUT2D eigenvalue weighted by Gasteiger charge is -2.35. The van der Waals surface area contributed by atoms with E-state index in [1.807, 2.05) is 18.0 Å². The molecule has 1 N–H and O–H groups in total.